The summed E-state index contributed by atoms with van der Waals surface area (Å²) >= 11 is 2.04. The Morgan fingerprint density at radius 3 is 1.56 bits per heavy atom. The molecule has 0 spiro atoms. The van der Waals surface area contributed by atoms with Gasteiger partial charge >= 0.3 is 0 Å². The van der Waals surface area contributed by atoms with Crippen LogP contribution in [0.5, 0.6) is 0 Å². The van der Waals surface area contributed by atoms with Crippen LogP contribution in [-0.2, 0) is 21.7 Å². The Balaban J connectivity index is 1.16. The molecular formula is C73H83BN2S. The van der Waals surface area contributed by atoms with E-state index in [1.54, 1.807) is 0 Å². The number of hydrogen-bond acceptors (Lipinski definition) is 3. The average Bonchev–Trinajstić information content (AvgIpc) is 3.88. The summed E-state index contributed by atoms with van der Waals surface area (Å²) in [4.78, 5) is 5.48. The summed E-state index contributed by atoms with van der Waals surface area (Å²) in [6.45, 7) is 30.7. The van der Waals surface area contributed by atoms with Gasteiger partial charge in [-0.1, -0.05) is 206 Å². The van der Waals surface area contributed by atoms with E-state index in [1.165, 1.54) is 185 Å². The van der Waals surface area contributed by atoms with Crippen LogP contribution in [0.15, 0.2) is 133 Å². The smallest absolute Gasteiger partial charge is 0.264 e. The van der Waals surface area contributed by atoms with E-state index in [9.17, 15) is 0 Å². The number of aryl methyl sites for hydroxylation is 1. The van der Waals surface area contributed by atoms with Gasteiger partial charge in [0.05, 0.1) is 11.4 Å². The summed E-state index contributed by atoms with van der Waals surface area (Å²) in [5.74, 6) is 1.16. The van der Waals surface area contributed by atoms with Gasteiger partial charge in [0.15, 0.2) is 0 Å². The molecule has 0 radical (unpaired) electrons. The van der Waals surface area contributed by atoms with E-state index >= 15 is 0 Å². The van der Waals surface area contributed by atoms with Crippen LogP contribution in [0.25, 0.3) is 32.3 Å². The minimum Gasteiger partial charge on any atom is -0.311 e. The number of hydrogen-bond donors (Lipinski definition) is 0. The molecule has 2 fully saturated rings. The van der Waals surface area contributed by atoms with Gasteiger partial charge in [-0.25, -0.2) is 0 Å². The first-order valence-corrected chi connectivity index (χ1v) is 30.4. The summed E-state index contributed by atoms with van der Waals surface area (Å²) in [6.07, 6.45) is 13.0. The number of rotatable bonds is 6. The molecule has 0 N–H and O–H groups in total. The van der Waals surface area contributed by atoms with Crippen LogP contribution in [0.1, 0.15) is 198 Å². The van der Waals surface area contributed by atoms with Crippen molar-refractivity contribution in [2.45, 2.75) is 188 Å². The van der Waals surface area contributed by atoms with E-state index < -0.39 is 0 Å². The Morgan fingerprint density at radius 1 is 0.429 bits per heavy atom. The molecule has 2 aliphatic heterocycles. The minimum atomic E-state index is -0.131. The second kappa shape index (κ2) is 19.2. The fourth-order valence-corrected chi connectivity index (χ4v) is 14.9. The predicted molar refractivity (Wildman–Crippen MR) is 338 cm³/mol. The molecule has 0 unspecified atom stereocenters. The first kappa shape index (κ1) is 51.9. The van der Waals surface area contributed by atoms with Crippen molar-refractivity contribution in [2.75, 3.05) is 9.80 Å². The Morgan fingerprint density at radius 2 is 0.961 bits per heavy atom. The van der Waals surface area contributed by atoms with Gasteiger partial charge in [0.25, 0.3) is 6.71 Å². The molecule has 1 aromatic heterocycles. The van der Waals surface area contributed by atoms with Gasteiger partial charge in [0.2, 0.25) is 0 Å². The van der Waals surface area contributed by atoms with Crippen LogP contribution in [-0.4, -0.2) is 6.71 Å². The van der Waals surface area contributed by atoms with Gasteiger partial charge in [-0.15, -0.1) is 11.3 Å². The monoisotopic (exact) mass is 1030 g/mol. The van der Waals surface area contributed by atoms with Crippen LogP contribution in [0.4, 0.5) is 34.1 Å². The van der Waals surface area contributed by atoms with Crippen molar-refractivity contribution in [1.29, 1.82) is 0 Å². The molecule has 394 valence electrons. The van der Waals surface area contributed by atoms with Gasteiger partial charge in [0.1, 0.15) is 0 Å². The molecule has 12 rings (SSSR count). The van der Waals surface area contributed by atoms with Gasteiger partial charge in [0, 0.05) is 43.2 Å². The van der Waals surface area contributed by atoms with Gasteiger partial charge in [-0.3, -0.25) is 0 Å². The Kier molecular flexibility index (Phi) is 13.0. The zero-order valence-electron chi connectivity index (χ0n) is 48.8. The second-order valence-electron chi connectivity index (χ2n) is 28.0. The summed E-state index contributed by atoms with van der Waals surface area (Å²) in [6, 6.07) is 54.3. The van der Waals surface area contributed by atoms with Crippen LogP contribution in [0, 0.1) is 6.92 Å². The first-order valence-electron chi connectivity index (χ1n) is 29.6. The highest BCUT2D eigenvalue weighted by molar-refractivity contribution is 7.33. The zero-order valence-corrected chi connectivity index (χ0v) is 49.6. The molecule has 0 bridgehead atoms. The molecular weight excluding hydrogens is 948 g/mol. The lowest BCUT2D eigenvalue weighted by molar-refractivity contribution is 0.444. The average molecular weight is 1030 g/mol. The van der Waals surface area contributed by atoms with E-state index in [2.05, 4.69) is 233 Å². The Hall–Kier alpha value is -5.84. The summed E-state index contributed by atoms with van der Waals surface area (Å²) < 4.78 is 2.81. The summed E-state index contributed by atoms with van der Waals surface area (Å²) in [7, 11) is 0. The number of fused-ring (bicyclic) bond motifs is 6. The first-order chi connectivity index (χ1) is 36.6. The molecule has 2 nitrogen and oxygen atoms in total. The summed E-state index contributed by atoms with van der Waals surface area (Å²) in [5.41, 5.74) is 25.5. The lowest BCUT2D eigenvalue weighted by Crippen LogP contribution is -2.60. The SMILES string of the molecule is Cc1cc(-c2cc(C3CCCCC3)ccc2N2c3cc(C(C)(C)C)cc4c3B(c3ccc(C5CCCCC5)cc3N4c3ccc(-c4ccc(C(C)(C)C)cc4)cc3)c3sc4ccc(C(C)(C)C)cc4c32)cc(C(C)(C)C)c1. The van der Waals surface area contributed by atoms with E-state index in [-0.39, 0.29) is 28.4 Å². The van der Waals surface area contributed by atoms with Crippen LogP contribution >= 0.6 is 11.3 Å². The third-order valence-corrected chi connectivity index (χ3v) is 19.5. The quantitative estimate of drug-likeness (QED) is 0.153. The van der Waals surface area contributed by atoms with Crippen LogP contribution < -0.4 is 25.5 Å². The third-order valence-electron chi connectivity index (χ3n) is 18.3. The van der Waals surface area contributed by atoms with E-state index in [0.717, 1.165) is 0 Å². The molecule has 7 aromatic carbocycles. The zero-order chi connectivity index (χ0) is 53.9. The lowest BCUT2D eigenvalue weighted by Gasteiger charge is -2.45. The molecule has 0 atom stereocenters. The minimum absolute atomic E-state index is 0.00322. The van der Waals surface area contributed by atoms with Gasteiger partial charge < -0.3 is 9.80 Å². The maximum atomic E-state index is 2.79. The van der Waals surface area contributed by atoms with E-state index in [1.807, 2.05) is 11.3 Å². The maximum Gasteiger partial charge on any atom is 0.264 e. The van der Waals surface area contributed by atoms with Crippen molar-refractivity contribution in [2.24, 2.45) is 0 Å². The molecule has 4 aliphatic rings. The highest BCUT2D eigenvalue weighted by Crippen LogP contribution is 2.53. The fraction of sp³-hybridized carbons (Fsp3) is 0.397. The standard InChI is InChI=1S/C73H83BN2S/c1-46-38-53(40-56(39-46)72(8,9)10)59-41-51(47-20-16-14-17-21-47)29-36-62(59)76-65-45-57(73(11,12)13)44-64-67(65)74(69-68(76)60-43-55(71(5,6)7)32-37-66(60)77-69)61-35-28-52(48-22-18-15-19-23-48)42-63(61)75(64)58-33-26-50(27-34-58)49-24-30-54(31-25-49)70(2,3)4/h24-45,47-48H,14-23H2,1-13H3. The normalized spacial score (nSPS) is 16.5. The van der Waals surface area contributed by atoms with Crippen molar-refractivity contribution in [1.82, 2.24) is 0 Å². The third kappa shape index (κ3) is 9.51. The van der Waals surface area contributed by atoms with Crippen LogP contribution in [0.3, 0.4) is 0 Å². The maximum absolute atomic E-state index is 2.79. The summed E-state index contributed by atoms with van der Waals surface area (Å²) in [5, 5.41) is 1.36. The predicted octanol–water partition coefficient (Wildman–Crippen LogP) is 19.9. The molecule has 2 aliphatic carbocycles. The molecule has 8 aromatic rings. The van der Waals surface area contributed by atoms with E-state index in [4.69, 9.17) is 0 Å². The largest absolute Gasteiger partial charge is 0.311 e. The Bertz CT molecular complexity index is 3530. The van der Waals surface area contributed by atoms with Gasteiger partial charge in [-0.2, -0.15) is 0 Å². The number of thiophene rings is 1. The van der Waals surface area contributed by atoms with Crippen molar-refractivity contribution in [3.05, 3.63) is 172 Å². The molecule has 2 saturated carbocycles. The highest BCUT2D eigenvalue weighted by atomic mass is 32.1. The van der Waals surface area contributed by atoms with E-state index in [0.29, 0.717) is 11.8 Å². The van der Waals surface area contributed by atoms with Crippen LogP contribution in [0.2, 0.25) is 0 Å². The van der Waals surface area contributed by atoms with Gasteiger partial charge in [-0.05, 0) is 182 Å². The number of nitrogens with zero attached hydrogens (tertiary/aromatic N) is 2. The van der Waals surface area contributed by atoms with Crippen molar-refractivity contribution < 1.29 is 0 Å². The molecule has 0 amide bonds. The molecule has 3 heterocycles. The fourth-order valence-electron chi connectivity index (χ4n) is 13.6. The van der Waals surface area contributed by atoms with Crippen molar-refractivity contribution >= 4 is 78.0 Å². The number of anilines is 6. The number of benzene rings is 7. The molecule has 0 saturated heterocycles. The van der Waals surface area contributed by atoms with Crippen molar-refractivity contribution in [3.8, 4) is 22.3 Å². The second-order valence-corrected chi connectivity index (χ2v) is 29.1. The highest BCUT2D eigenvalue weighted by Gasteiger charge is 2.47. The molecule has 4 heteroatoms. The lowest BCUT2D eigenvalue weighted by atomic mass is 9.36. The molecule has 77 heavy (non-hydrogen) atoms. The van der Waals surface area contributed by atoms with Crippen molar-refractivity contribution in [3.63, 3.8) is 0 Å². The Labute approximate surface area is 467 Å². The topological polar surface area (TPSA) is 6.48 Å².